The van der Waals surface area contributed by atoms with E-state index in [4.69, 9.17) is 5.73 Å². The highest BCUT2D eigenvalue weighted by Gasteiger charge is 2.46. The van der Waals surface area contributed by atoms with Crippen LogP contribution in [0.4, 0.5) is 0 Å². The number of aromatic nitrogens is 1. The zero-order chi connectivity index (χ0) is 17.9. The molecule has 2 heterocycles. The maximum Gasteiger partial charge on any atom is 0.312 e. The number of pyridine rings is 1. The number of aliphatic hydroxyl groups excluding tert-OH is 1. The van der Waals surface area contributed by atoms with Crippen molar-refractivity contribution in [3.63, 3.8) is 0 Å². The van der Waals surface area contributed by atoms with E-state index < -0.39 is 17.4 Å². The summed E-state index contributed by atoms with van der Waals surface area (Å²) >= 11 is 0. The molecule has 1 fully saturated rings. The van der Waals surface area contributed by atoms with Crippen molar-refractivity contribution in [3.8, 4) is 0 Å². The molecule has 1 aromatic carbocycles. The SMILES string of the molecule is NC(=O)C(=O)N1CCCCC1(c1ccccc1)c1cncc(CO)c1. The number of piperidine rings is 1. The van der Waals surface area contributed by atoms with Gasteiger partial charge < -0.3 is 15.7 Å². The molecule has 0 saturated carbocycles. The van der Waals surface area contributed by atoms with Gasteiger partial charge in [0.2, 0.25) is 0 Å². The van der Waals surface area contributed by atoms with Crippen LogP contribution in [0.3, 0.4) is 0 Å². The van der Waals surface area contributed by atoms with Crippen LogP contribution >= 0.6 is 0 Å². The highest BCUT2D eigenvalue weighted by atomic mass is 16.3. The molecule has 2 aromatic rings. The summed E-state index contributed by atoms with van der Waals surface area (Å²) < 4.78 is 0. The molecule has 0 radical (unpaired) electrons. The van der Waals surface area contributed by atoms with E-state index in [1.165, 1.54) is 0 Å². The summed E-state index contributed by atoms with van der Waals surface area (Å²) in [5.74, 6) is -1.66. The number of carbonyl (C=O) groups excluding carboxylic acids is 2. The van der Waals surface area contributed by atoms with Gasteiger partial charge in [-0.15, -0.1) is 0 Å². The average Bonchev–Trinajstić information content (AvgIpc) is 2.68. The lowest BCUT2D eigenvalue weighted by atomic mass is 9.75. The van der Waals surface area contributed by atoms with Crippen LogP contribution < -0.4 is 5.73 Å². The Labute approximate surface area is 146 Å². The van der Waals surface area contributed by atoms with Crippen LogP contribution in [-0.4, -0.2) is 33.3 Å². The first kappa shape index (κ1) is 17.1. The Balaban J connectivity index is 2.24. The van der Waals surface area contributed by atoms with Gasteiger partial charge in [0.15, 0.2) is 0 Å². The van der Waals surface area contributed by atoms with Crippen molar-refractivity contribution in [1.29, 1.82) is 0 Å². The molecule has 2 amide bonds. The molecule has 25 heavy (non-hydrogen) atoms. The van der Waals surface area contributed by atoms with E-state index in [2.05, 4.69) is 4.98 Å². The molecule has 6 nitrogen and oxygen atoms in total. The third-order valence-electron chi connectivity index (χ3n) is 4.79. The van der Waals surface area contributed by atoms with Crippen molar-refractivity contribution in [1.82, 2.24) is 9.88 Å². The number of aliphatic hydroxyl groups is 1. The second kappa shape index (κ2) is 7.03. The molecule has 1 aromatic heterocycles. The second-order valence-electron chi connectivity index (χ2n) is 6.24. The van der Waals surface area contributed by atoms with E-state index in [9.17, 15) is 14.7 Å². The number of nitrogens with two attached hydrogens (primary N) is 1. The fourth-order valence-corrected chi connectivity index (χ4v) is 3.67. The molecule has 1 atom stereocenters. The lowest BCUT2D eigenvalue weighted by molar-refractivity contribution is -0.149. The van der Waals surface area contributed by atoms with E-state index in [1.54, 1.807) is 17.3 Å². The molecular formula is C19H21N3O3. The van der Waals surface area contributed by atoms with E-state index in [1.807, 2.05) is 36.4 Å². The molecule has 0 aliphatic carbocycles. The molecule has 6 heteroatoms. The van der Waals surface area contributed by atoms with Crippen LogP contribution in [0.2, 0.25) is 0 Å². The third-order valence-corrected chi connectivity index (χ3v) is 4.79. The Bertz CT molecular complexity index is 778. The number of primary amides is 1. The maximum atomic E-state index is 12.6. The molecule has 1 aliphatic rings. The van der Waals surface area contributed by atoms with Gasteiger partial charge in [0.1, 0.15) is 0 Å². The summed E-state index contributed by atoms with van der Waals surface area (Å²) in [5, 5.41) is 9.48. The number of likely N-dealkylation sites (tertiary alicyclic amines) is 1. The molecular weight excluding hydrogens is 318 g/mol. The zero-order valence-electron chi connectivity index (χ0n) is 13.9. The van der Waals surface area contributed by atoms with E-state index in [-0.39, 0.29) is 6.61 Å². The summed E-state index contributed by atoms with van der Waals surface area (Å²) in [5.41, 5.74) is 6.84. The first-order chi connectivity index (χ1) is 12.1. The van der Waals surface area contributed by atoms with E-state index >= 15 is 0 Å². The van der Waals surface area contributed by atoms with Crippen LogP contribution in [0, 0.1) is 0 Å². The van der Waals surface area contributed by atoms with Crippen LogP contribution in [0.25, 0.3) is 0 Å². The zero-order valence-corrected chi connectivity index (χ0v) is 13.9. The summed E-state index contributed by atoms with van der Waals surface area (Å²) in [6.45, 7) is 0.301. The predicted molar refractivity (Wildman–Crippen MR) is 92.1 cm³/mol. The molecule has 1 aliphatic heterocycles. The minimum Gasteiger partial charge on any atom is -0.392 e. The van der Waals surface area contributed by atoms with Crippen LogP contribution in [0.15, 0.2) is 48.8 Å². The van der Waals surface area contributed by atoms with E-state index in [0.717, 1.165) is 24.0 Å². The molecule has 1 saturated heterocycles. The lowest BCUT2D eigenvalue weighted by Crippen LogP contribution is -2.56. The van der Waals surface area contributed by atoms with Crippen molar-refractivity contribution in [2.75, 3.05) is 6.54 Å². The summed E-state index contributed by atoms with van der Waals surface area (Å²) in [7, 11) is 0. The molecule has 0 bridgehead atoms. The minimum absolute atomic E-state index is 0.143. The molecule has 3 rings (SSSR count). The maximum absolute atomic E-state index is 12.6. The van der Waals surface area contributed by atoms with Crippen molar-refractivity contribution in [3.05, 3.63) is 65.5 Å². The molecule has 1 unspecified atom stereocenters. The van der Waals surface area contributed by atoms with Crippen molar-refractivity contribution < 1.29 is 14.7 Å². The quantitative estimate of drug-likeness (QED) is 0.824. The summed E-state index contributed by atoms with van der Waals surface area (Å²) in [6, 6.07) is 11.4. The van der Waals surface area contributed by atoms with Gasteiger partial charge in [-0.1, -0.05) is 30.3 Å². The van der Waals surface area contributed by atoms with Gasteiger partial charge in [-0.25, -0.2) is 0 Å². The first-order valence-electron chi connectivity index (χ1n) is 8.32. The van der Waals surface area contributed by atoms with Crippen molar-refractivity contribution >= 4 is 11.8 Å². The van der Waals surface area contributed by atoms with Gasteiger partial charge in [-0.2, -0.15) is 0 Å². The topological polar surface area (TPSA) is 96.5 Å². The van der Waals surface area contributed by atoms with Crippen molar-refractivity contribution in [2.24, 2.45) is 5.73 Å². The van der Waals surface area contributed by atoms with Gasteiger partial charge in [-0.3, -0.25) is 14.6 Å². The smallest absolute Gasteiger partial charge is 0.312 e. The number of carbonyl (C=O) groups is 2. The van der Waals surface area contributed by atoms with Crippen LogP contribution in [0.5, 0.6) is 0 Å². The Hall–Kier alpha value is -2.73. The number of benzene rings is 1. The summed E-state index contributed by atoms with van der Waals surface area (Å²) in [6.07, 6.45) is 5.65. The lowest BCUT2D eigenvalue weighted by Gasteiger charge is -2.47. The number of amides is 2. The number of hydrogen-bond acceptors (Lipinski definition) is 4. The van der Waals surface area contributed by atoms with Crippen molar-refractivity contribution in [2.45, 2.75) is 31.4 Å². The Morgan fingerprint density at radius 3 is 2.60 bits per heavy atom. The standard InChI is InChI=1S/C19H21N3O3/c20-17(24)18(25)22-9-5-4-8-19(22,15-6-2-1-3-7-15)16-10-14(13-23)11-21-12-16/h1-3,6-7,10-12,23H,4-5,8-9,13H2,(H2,20,24). The van der Waals surface area contributed by atoms with Gasteiger partial charge in [0.05, 0.1) is 12.1 Å². The van der Waals surface area contributed by atoms with Gasteiger partial charge >= 0.3 is 11.8 Å². The fraction of sp³-hybridized carbons (Fsp3) is 0.316. The second-order valence-corrected chi connectivity index (χ2v) is 6.24. The number of nitrogens with zero attached hydrogens (tertiary/aromatic N) is 2. The first-order valence-corrected chi connectivity index (χ1v) is 8.32. The normalized spacial score (nSPS) is 20.3. The molecule has 3 N–H and O–H groups in total. The van der Waals surface area contributed by atoms with Gasteiger partial charge in [-0.05, 0) is 36.5 Å². The highest BCUT2D eigenvalue weighted by molar-refractivity contribution is 6.34. The third kappa shape index (κ3) is 3.00. The predicted octanol–water partition coefficient (Wildman–Crippen LogP) is 1.32. The Morgan fingerprint density at radius 2 is 1.92 bits per heavy atom. The van der Waals surface area contributed by atoms with Crippen LogP contribution in [0.1, 0.15) is 36.0 Å². The molecule has 0 spiro atoms. The fourth-order valence-electron chi connectivity index (χ4n) is 3.67. The van der Waals surface area contributed by atoms with Crippen LogP contribution in [-0.2, 0) is 21.7 Å². The largest absolute Gasteiger partial charge is 0.392 e. The Morgan fingerprint density at radius 1 is 1.16 bits per heavy atom. The Kier molecular flexibility index (Phi) is 4.81. The molecule has 130 valence electrons. The van der Waals surface area contributed by atoms with E-state index in [0.29, 0.717) is 18.5 Å². The average molecular weight is 339 g/mol. The van der Waals surface area contributed by atoms with Gasteiger partial charge in [0.25, 0.3) is 0 Å². The number of hydrogen-bond donors (Lipinski definition) is 2. The summed E-state index contributed by atoms with van der Waals surface area (Å²) in [4.78, 5) is 30.0. The minimum atomic E-state index is -0.964. The number of rotatable bonds is 3. The highest BCUT2D eigenvalue weighted by Crippen LogP contribution is 2.43. The monoisotopic (exact) mass is 339 g/mol. The van der Waals surface area contributed by atoms with Gasteiger partial charge in [0, 0.05) is 24.5 Å².